The number of rotatable bonds is 3. The fraction of sp³-hybridized carbons (Fsp3) is 1.00. The van der Waals surface area contributed by atoms with Crippen molar-refractivity contribution in [1.82, 2.24) is 10.2 Å². The van der Waals surface area contributed by atoms with Crippen molar-refractivity contribution in [3.63, 3.8) is 0 Å². The van der Waals surface area contributed by atoms with E-state index >= 15 is 0 Å². The second-order valence-corrected chi connectivity index (χ2v) is 6.52. The van der Waals surface area contributed by atoms with Crippen LogP contribution in [0.5, 0.6) is 0 Å². The lowest BCUT2D eigenvalue weighted by Gasteiger charge is -2.41. The van der Waals surface area contributed by atoms with E-state index in [9.17, 15) is 4.21 Å². The molecule has 0 aromatic heterocycles. The minimum Gasteiger partial charge on any atom is -0.309 e. The Labute approximate surface area is 95.1 Å². The molecule has 1 atom stereocenters. The predicted octanol–water partition coefficient (Wildman–Crippen LogP) is 0.583. The van der Waals surface area contributed by atoms with Crippen LogP contribution in [0.15, 0.2) is 0 Å². The van der Waals surface area contributed by atoms with Crippen LogP contribution in [0.4, 0.5) is 0 Å². The summed E-state index contributed by atoms with van der Waals surface area (Å²) in [5.74, 6) is 0.829. The molecule has 1 unspecified atom stereocenters. The van der Waals surface area contributed by atoms with Gasteiger partial charge in [-0.3, -0.25) is 9.11 Å². The SMILES string of the molecule is CS(=O)CCN1CCNC2(CCCC2)C1. The number of hydrogen-bond donors (Lipinski definition) is 1. The van der Waals surface area contributed by atoms with Crippen molar-refractivity contribution in [3.05, 3.63) is 0 Å². The van der Waals surface area contributed by atoms with Crippen LogP contribution >= 0.6 is 0 Å². The van der Waals surface area contributed by atoms with Gasteiger partial charge in [0.25, 0.3) is 0 Å². The largest absolute Gasteiger partial charge is 0.309 e. The number of hydrogen-bond acceptors (Lipinski definition) is 3. The van der Waals surface area contributed by atoms with Crippen molar-refractivity contribution in [3.8, 4) is 0 Å². The molecular weight excluding hydrogens is 208 g/mol. The molecule has 0 amide bonds. The van der Waals surface area contributed by atoms with E-state index in [0.29, 0.717) is 5.54 Å². The van der Waals surface area contributed by atoms with Crippen LogP contribution in [0.25, 0.3) is 0 Å². The first-order valence-corrected chi connectivity index (χ1v) is 7.70. The van der Waals surface area contributed by atoms with Crippen molar-refractivity contribution in [2.45, 2.75) is 31.2 Å². The Morgan fingerprint density at radius 2 is 2.13 bits per heavy atom. The van der Waals surface area contributed by atoms with Gasteiger partial charge in [0.2, 0.25) is 0 Å². The Morgan fingerprint density at radius 1 is 1.40 bits per heavy atom. The Balaban J connectivity index is 1.84. The van der Waals surface area contributed by atoms with E-state index in [4.69, 9.17) is 0 Å². The quantitative estimate of drug-likeness (QED) is 0.770. The third kappa shape index (κ3) is 3.02. The molecule has 1 saturated heterocycles. The van der Waals surface area contributed by atoms with Gasteiger partial charge in [0.1, 0.15) is 0 Å². The molecule has 15 heavy (non-hydrogen) atoms. The average molecular weight is 230 g/mol. The molecule has 0 aromatic carbocycles. The Bertz CT molecular complexity index is 239. The fourth-order valence-electron chi connectivity index (χ4n) is 2.88. The maximum absolute atomic E-state index is 11.1. The van der Waals surface area contributed by atoms with Crippen molar-refractivity contribution in [2.24, 2.45) is 0 Å². The lowest BCUT2D eigenvalue weighted by atomic mass is 9.95. The molecule has 0 bridgehead atoms. The lowest BCUT2D eigenvalue weighted by Crippen LogP contribution is -2.59. The van der Waals surface area contributed by atoms with E-state index in [0.717, 1.165) is 25.4 Å². The lowest BCUT2D eigenvalue weighted by molar-refractivity contribution is 0.141. The van der Waals surface area contributed by atoms with Crippen molar-refractivity contribution < 1.29 is 4.21 Å². The summed E-state index contributed by atoms with van der Waals surface area (Å²) in [5, 5.41) is 3.69. The van der Waals surface area contributed by atoms with E-state index in [1.54, 1.807) is 6.26 Å². The molecule has 4 heteroatoms. The second kappa shape index (κ2) is 4.93. The van der Waals surface area contributed by atoms with Crippen molar-refractivity contribution >= 4 is 10.8 Å². The summed E-state index contributed by atoms with van der Waals surface area (Å²) in [6.07, 6.45) is 7.21. The zero-order valence-electron chi connectivity index (χ0n) is 9.63. The minimum atomic E-state index is -0.642. The average Bonchev–Trinajstić information content (AvgIpc) is 2.63. The van der Waals surface area contributed by atoms with Crippen LogP contribution in [0, 0.1) is 0 Å². The highest BCUT2D eigenvalue weighted by molar-refractivity contribution is 7.84. The zero-order chi connectivity index (χ0) is 10.7. The molecule has 0 aromatic rings. The summed E-state index contributed by atoms with van der Waals surface area (Å²) in [4.78, 5) is 2.49. The number of nitrogens with one attached hydrogen (secondary N) is 1. The van der Waals surface area contributed by atoms with Gasteiger partial charge in [0, 0.05) is 54.5 Å². The molecule has 3 nitrogen and oxygen atoms in total. The number of piperazine rings is 1. The van der Waals surface area contributed by atoms with Crippen molar-refractivity contribution in [2.75, 3.05) is 38.2 Å². The first-order valence-electron chi connectivity index (χ1n) is 5.98. The summed E-state index contributed by atoms with van der Waals surface area (Å²) in [6, 6.07) is 0. The fourth-order valence-corrected chi connectivity index (χ4v) is 3.39. The minimum absolute atomic E-state index is 0.410. The molecule has 1 N–H and O–H groups in total. The second-order valence-electron chi connectivity index (χ2n) is 4.97. The van der Waals surface area contributed by atoms with Gasteiger partial charge >= 0.3 is 0 Å². The molecule has 2 fully saturated rings. The predicted molar refractivity (Wildman–Crippen MR) is 64.6 cm³/mol. The molecule has 1 aliphatic heterocycles. The van der Waals surface area contributed by atoms with E-state index < -0.39 is 10.8 Å². The van der Waals surface area contributed by atoms with Gasteiger partial charge in [-0.25, -0.2) is 0 Å². The van der Waals surface area contributed by atoms with Crippen LogP contribution in [0.1, 0.15) is 25.7 Å². The zero-order valence-corrected chi connectivity index (χ0v) is 10.4. The summed E-state index contributed by atoms with van der Waals surface area (Å²) < 4.78 is 11.1. The van der Waals surface area contributed by atoms with Gasteiger partial charge in [0.15, 0.2) is 0 Å². The highest BCUT2D eigenvalue weighted by atomic mass is 32.2. The summed E-state index contributed by atoms with van der Waals surface area (Å²) in [5.41, 5.74) is 0.410. The van der Waals surface area contributed by atoms with Crippen LogP contribution in [-0.2, 0) is 10.8 Å². The maximum atomic E-state index is 11.1. The molecule has 2 aliphatic rings. The van der Waals surface area contributed by atoms with E-state index in [2.05, 4.69) is 10.2 Å². The van der Waals surface area contributed by atoms with Crippen LogP contribution in [-0.4, -0.2) is 52.8 Å². The first kappa shape index (κ1) is 11.6. The molecule has 1 aliphatic carbocycles. The molecule has 1 saturated carbocycles. The molecule has 2 rings (SSSR count). The molecular formula is C11H22N2OS. The van der Waals surface area contributed by atoms with Crippen LogP contribution in [0.3, 0.4) is 0 Å². The van der Waals surface area contributed by atoms with Gasteiger partial charge in [-0.1, -0.05) is 12.8 Å². The maximum Gasteiger partial charge on any atom is 0.0359 e. The highest BCUT2D eigenvalue weighted by Gasteiger charge is 2.37. The summed E-state index contributed by atoms with van der Waals surface area (Å²) in [6.45, 7) is 4.41. The van der Waals surface area contributed by atoms with Gasteiger partial charge < -0.3 is 5.32 Å². The Morgan fingerprint density at radius 3 is 2.80 bits per heavy atom. The number of nitrogens with zero attached hydrogens (tertiary/aromatic N) is 1. The van der Waals surface area contributed by atoms with Gasteiger partial charge in [-0.05, 0) is 12.8 Å². The smallest absolute Gasteiger partial charge is 0.0359 e. The molecule has 88 valence electrons. The van der Waals surface area contributed by atoms with Gasteiger partial charge in [-0.2, -0.15) is 0 Å². The van der Waals surface area contributed by atoms with Crippen molar-refractivity contribution in [1.29, 1.82) is 0 Å². The third-order valence-corrected chi connectivity index (χ3v) is 4.47. The van der Waals surface area contributed by atoms with Gasteiger partial charge in [0.05, 0.1) is 0 Å². The van der Waals surface area contributed by atoms with E-state index in [-0.39, 0.29) is 0 Å². The normalized spacial score (nSPS) is 28.3. The van der Waals surface area contributed by atoms with E-state index in [1.165, 1.54) is 32.2 Å². The summed E-state index contributed by atoms with van der Waals surface area (Å²) in [7, 11) is -0.642. The van der Waals surface area contributed by atoms with Crippen LogP contribution in [0.2, 0.25) is 0 Å². The first-order chi connectivity index (χ1) is 7.20. The Hall–Kier alpha value is 0.0700. The Kier molecular flexibility index (Phi) is 3.80. The van der Waals surface area contributed by atoms with E-state index in [1.807, 2.05) is 0 Å². The molecule has 1 heterocycles. The highest BCUT2D eigenvalue weighted by Crippen LogP contribution is 2.31. The molecule has 1 spiro atoms. The standard InChI is InChI=1S/C11H22N2OS/c1-15(14)9-8-13-7-6-12-11(10-13)4-2-3-5-11/h12H,2-10H2,1H3. The third-order valence-electron chi connectivity index (χ3n) is 3.71. The van der Waals surface area contributed by atoms with Gasteiger partial charge in [-0.15, -0.1) is 0 Å². The van der Waals surface area contributed by atoms with Crippen LogP contribution < -0.4 is 5.32 Å². The summed E-state index contributed by atoms with van der Waals surface area (Å²) >= 11 is 0. The molecule has 0 radical (unpaired) electrons. The topological polar surface area (TPSA) is 32.3 Å². The monoisotopic (exact) mass is 230 g/mol.